The molecule has 1 heterocycles. The highest BCUT2D eigenvalue weighted by Crippen LogP contribution is 2.26. The van der Waals surface area contributed by atoms with Gasteiger partial charge in [0.2, 0.25) is 0 Å². The van der Waals surface area contributed by atoms with Gasteiger partial charge in [-0.2, -0.15) is 0 Å². The van der Waals surface area contributed by atoms with E-state index >= 15 is 0 Å². The number of hydrogen-bond donors (Lipinski definition) is 1. The minimum Gasteiger partial charge on any atom is -0.496 e. The molecule has 0 bridgehead atoms. The van der Waals surface area contributed by atoms with E-state index in [1.165, 1.54) is 0 Å². The summed E-state index contributed by atoms with van der Waals surface area (Å²) >= 11 is 3.39. The number of hydrogen-bond acceptors (Lipinski definition) is 3. The molecule has 2 atom stereocenters. The first-order valence-corrected chi connectivity index (χ1v) is 7.20. The number of benzene rings is 1. The molecule has 1 aromatic rings. The van der Waals surface area contributed by atoms with Gasteiger partial charge in [0.15, 0.2) is 0 Å². The molecule has 104 valence electrons. The van der Waals surface area contributed by atoms with Crippen molar-refractivity contribution >= 4 is 21.8 Å². The van der Waals surface area contributed by atoms with E-state index in [4.69, 9.17) is 4.74 Å². The minimum atomic E-state index is 0.0332. The Balaban J connectivity index is 2.32. The van der Waals surface area contributed by atoms with E-state index < -0.39 is 0 Å². The van der Waals surface area contributed by atoms with Gasteiger partial charge >= 0.3 is 0 Å². The number of ether oxygens (including phenoxy) is 1. The van der Waals surface area contributed by atoms with Gasteiger partial charge in [0.05, 0.1) is 12.7 Å². The maximum atomic E-state index is 12.7. The molecule has 19 heavy (non-hydrogen) atoms. The minimum absolute atomic E-state index is 0.0332. The first kappa shape index (κ1) is 14.3. The van der Waals surface area contributed by atoms with Gasteiger partial charge in [-0.1, -0.05) is 15.9 Å². The summed E-state index contributed by atoms with van der Waals surface area (Å²) in [5, 5.41) is 3.33. The van der Waals surface area contributed by atoms with E-state index in [1.807, 2.05) is 23.1 Å². The summed E-state index contributed by atoms with van der Waals surface area (Å²) in [5.41, 5.74) is 0.617. The molecular formula is C14H19BrN2O2. The lowest BCUT2D eigenvalue weighted by Gasteiger charge is -2.39. The normalized spacial score (nSPS) is 23.3. The number of amides is 1. The summed E-state index contributed by atoms with van der Waals surface area (Å²) in [5.74, 6) is 0.642. The second kappa shape index (κ2) is 5.92. The smallest absolute Gasteiger partial charge is 0.258 e. The predicted molar refractivity (Wildman–Crippen MR) is 78.7 cm³/mol. The highest BCUT2D eigenvalue weighted by atomic mass is 79.9. The van der Waals surface area contributed by atoms with Crippen LogP contribution in [0.2, 0.25) is 0 Å². The van der Waals surface area contributed by atoms with Gasteiger partial charge in [0.1, 0.15) is 5.75 Å². The molecule has 4 nitrogen and oxygen atoms in total. The summed E-state index contributed by atoms with van der Waals surface area (Å²) in [6.07, 6.45) is 0. The van der Waals surface area contributed by atoms with E-state index in [1.54, 1.807) is 7.11 Å². The number of nitrogens with one attached hydrogen (secondary N) is 1. The highest BCUT2D eigenvalue weighted by Gasteiger charge is 2.30. The van der Waals surface area contributed by atoms with Gasteiger partial charge in [-0.25, -0.2) is 0 Å². The van der Waals surface area contributed by atoms with Crippen LogP contribution >= 0.6 is 15.9 Å². The fourth-order valence-corrected chi connectivity index (χ4v) is 2.85. The van der Waals surface area contributed by atoms with Crippen molar-refractivity contribution in [2.75, 3.05) is 20.2 Å². The van der Waals surface area contributed by atoms with E-state index in [9.17, 15) is 4.79 Å². The van der Waals surface area contributed by atoms with Crippen LogP contribution in [0.15, 0.2) is 22.7 Å². The van der Waals surface area contributed by atoms with Crippen molar-refractivity contribution in [3.8, 4) is 5.75 Å². The molecule has 0 spiro atoms. The molecule has 1 fully saturated rings. The highest BCUT2D eigenvalue weighted by molar-refractivity contribution is 9.10. The second-order valence-corrected chi connectivity index (χ2v) is 5.83. The molecule has 0 aliphatic carbocycles. The molecule has 2 rings (SSSR count). The Morgan fingerprint density at radius 1 is 1.37 bits per heavy atom. The van der Waals surface area contributed by atoms with Crippen LogP contribution in [0.4, 0.5) is 0 Å². The van der Waals surface area contributed by atoms with Gasteiger partial charge in [0, 0.05) is 29.6 Å². The second-order valence-electron chi connectivity index (χ2n) is 4.91. The molecule has 1 aromatic carbocycles. The zero-order valence-electron chi connectivity index (χ0n) is 11.4. The number of carbonyl (C=O) groups excluding carboxylic acids is 1. The molecule has 5 heteroatoms. The lowest BCUT2D eigenvalue weighted by Crippen LogP contribution is -2.57. The standard InChI is InChI=1S/C14H19BrN2O2/c1-9-7-16-8-10(2)17(9)14(18)12-5-4-11(15)6-13(12)19-3/h4-6,9-10,16H,7-8H2,1-3H3. The van der Waals surface area contributed by atoms with Crippen LogP contribution in [0, 0.1) is 0 Å². The fourth-order valence-electron chi connectivity index (χ4n) is 2.51. The van der Waals surface area contributed by atoms with E-state index in [0.717, 1.165) is 17.6 Å². The van der Waals surface area contributed by atoms with Crippen LogP contribution in [-0.2, 0) is 0 Å². The van der Waals surface area contributed by atoms with Crippen LogP contribution in [0.3, 0.4) is 0 Å². The summed E-state index contributed by atoms with van der Waals surface area (Å²) in [6, 6.07) is 5.87. The Bertz CT molecular complexity index is 469. The molecule has 0 saturated carbocycles. The van der Waals surface area contributed by atoms with Crippen LogP contribution in [-0.4, -0.2) is 43.1 Å². The van der Waals surface area contributed by atoms with E-state index in [-0.39, 0.29) is 18.0 Å². The number of rotatable bonds is 2. The lowest BCUT2D eigenvalue weighted by molar-refractivity contribution is 0.0541. The number of nitrogens with zero attached hydrogens (tertiary/aromatic N) is 1. The molecule has 0 aromatic heterocycles. The van der Waals surface area contributed by atoms with Crippen molar-refractivity contribution in [1.82, 2.24) is 10.2 Å². The third kappa shape index (κ3) is 2.92. The van der Waals surface area contributed by atoms with Gasteiger partial charge < -0.3 is 15.0 Å². The Labute approximate surface area is 122 Å². The van der Waals surface area contributed by atoms with Crippen molar-refractivity contribution in [3.63, 3.8) is 0 Å². The van der Waals surface area contributed by atoms with Crippen molar-refractivity contribution in [1.29, 1.82) is 0 Å². The quantitative estimate of drug-likeness (QED) is 0.906. The largest absolute Gasteiger partial charge is 0.496 e. The first-order chi connectivity index (χ1) is 9.04. The van der Waals surface area contributed by atoms with Crippen molar-refractivity contribution in [3.05, 3.63) is 28.2 Å². The summed E-state index contributed by atoms with van der Waals surface area (Å²) in [4.78, 5) is 14.6. The monoisotopic (exact) mass is 326 g/mol. The van der Waals surface area contributed by atoms with Gasteiger partial charge in [-0.15, -0.1) is 0 Å². The van der Waals surface area contributed by atoms with Crippen LogP contribution in [0.1, 0.15) is 24.2 Å². The molecule has 0 radical (unpaired) electrons. The molecular weight excluding hydrogens is 308 g/mol. The lowest BCUT2D eigenvalue weighted by atomic mass is 10.1. The number of halogens is 1. The van der Waals surface area contributed by atoms with Crippen molar-refractivity contribution in [2.45, 2.75) is 25.9 Å². The van der Waals surface area contributed by atoms with Crippen LogP contribution in [0.25, 0.3) is 0 Å². The molecule has 2 unspecified atom stereocenters. The van der Waals surface area contributed by atoms with Gasteiger partial charge in [-0.3, -0.25) is 4.79 Å². The van der Waals surface area contributed by atoms with Crippen molar-refractivity contribution in [2.24, 2.45) is 0 Å². The van der Waals surface area contributed by atoms with Gasteiger partial charge in [-0.05, 0) is 32.0 Å². The maximum Gasteiger partial charge on any atom is 0.258 e. The molecule has 1 amide bonds. The maximum absolute atomic E-state index is 12.7. The Hall–Kier alpha value is -1.07. The van der Waals surface area contributed by atoms with Crippen LogP contribution < -0.4 is 10.1 Å². The van der Waals surface area contributed by atoms with Gasteiger partial charge in [0.25, 0.3) is 5.91 Å². The van der Waals surface area contributed by atoms with E-state index in [0.29, 0.717) is 11.3 Å². The molecule has 1 aliphatic rings. The number of carbonyl (C=O) groups is 1. The third-order valence-corrected chi connectivity index (χ3v) is 3.95. The SMILES string of the molecule is COc1cc(Br)ccc1C(=O)N1C(C)CNCC1C. The topological polar surface area (TPSA) is 41.6 Å². The summed E-state index contributed by atoms with van der Waals surface area (Å²) in [7, 11) is 1.59. The fraction of sp³-hybridized carbons (Fsp3) is 0.500. The molecule has 1 aliphatic heterocycles. The first-order valence-electron chi connectivity index (χ1n) is 6.41. The summed E-state index contributed by atoms with van der Waals surface area (Å²) in [6.45, 7) is 5.78. The Kier molecular flexibility index (Phi) is 4.47. The molecule has 1 N–H and O–H groups in total. The Morgan fingerprint density at radius 3 is 2.58 bits per heavy atom. The zero-order chi connectivity index (χ0) is 14.0. The Morgan fingerprint density at radius 2 is 2.00 bits per heavy atom. The number of methoxy groups -OCH3 is 1. The zero-order valence-corrected chi connectivity index (χ0v) is 13.0. The number of piperazine rings is 1. The van der Waals surface area contributed by atoms with Crippen LogP contribution in [0.5, 0.6) is 5.75 Å². The predicted octanol–water partition coefficient (Wildman–Crippen LogP) is 2.28. The summed E-state index contributed by atoms with van der Waals surface area (Å²) < 4.78 is 6.22. The average Bonchev–Trinajstić information content (AvgIpc) is 2.38. The van der Waals surface area contributed by atoms with Crippen molar-refractivity contribution < 1.29 is 9.53 Å². The molecule has 1 saturated heterocycles. The average molecular weight is 327 g/mol. The van der Waals surface area contributed by atoms with E-state index in [2.05, 4.69) is 35.1 Å². The third-order valence-electron chi connectivity index (χ3n) is 3.46.